The summed E-state index contributed by atoms with van der Waals surface area (Å²) < 4.78 is 7.56. The van der Waals surface area contributed by atoms with Crippen molar-refractivity contribution in [2.45, 2.75) is 13.0 Å². The predicted octanol–water partition coefficient (Wildman–Crippen LogP) is 1.25. The fourth-order valence-corrected chi connectivity index (χ4v) is 1.72. The summed E-state index contributed by atoms with van der Waals surface area (Å²) in [4.78, 5) is 0. The molecule has 0 fully saturated rings. The van der Waals surface area contributed by atoms with E-state index in [4.69, 9.17) is 4.74 Å². The molecule has 0 aliphatic heterocycles. The Hall–Kier alpha value is -0.390. The standard InChI is InChI=1S/C8H13BrN2O2/c1-3-13-5-7(12)8-6(9)4-10-11(8)2/h4,7,12H,3,5H2,1-2H3. The molecule has 1 heterocycles. The number of rotatable bonds is 4. The maximum atomic E-state index is 9.69. The van der Waals surface area contributed by atoms with E-state index < -0.39 is 6.10 Å². The van der Waals surface area contributed by atoms with Crippen molar-refractivity contribution < 1.29 is 9.84 Å². The molecule has 0 radical (unpaired) electrons. The van der Waals surface area contributed by atoms with Gasteiger partial charge in [-0.15, -0.1) is 0 Å². The van der Waals surface area contributed by atoms with Crippen molar-refractivity contribution >= 4 is 15.9 Å². The van der Waals surface area contributed by atoms with Gasteiger partial charge in [-0.3, -0.25) is 4.68 Å². The molecule has 1 aromatic heterocycles. The molecule has 1 unspecified atom stereocenters. The zero-order chi connectivity index (χ0) is 9.84. The number of hydrogen-bond acceptors (Lipinski definition) is 3. The van der Waals surface area contributed by atoms with Gasteiger partial charge in [0.15, 0.2) is 0 Å². The van der Waals surface area contributed by atoms with Crippen LogP contribution in [0.5, 0.6) is 0 Å². The molecule has 74 valence electrons. The second kappa shape index (κ2) is 4.74. The third-order valence-corrected chi connectivity index (χ3v) is 2.34. The van der Waals surface area contributed by atoms with Gasteiger partial charge in [-0.2, -0.15) is 5.10 Å². The first kappa shape index (κ1) is 10.7. The predicted molar refractivity (Wildman–Crippen MR) is 52.4 cm³/mol. The first-order valence-corrected chi connectivity index (χ1v) is 4.89. The molecule has 1 rings (SSSR count). The summed E-state index contributed by atoms with van der Waals surface area (Å²) in [6.45, 7) is 2.80. The number of ether oxygens (including phenoxy) is 1. The third-order valence-electron chi connectivity index (χ3n) is 1.73. The highest BCUT2D eigenvalue weighted by molar-refractivity contribution is 9.10. The summed E-state index contributed by atoms with van der Waals surface area (Å²) in [6.07, 6.45) is 1.03. The number of aliphatic hydroxyl groups excluding tert-OH is 1. The lowest BCUT2D eigenvalue weighted by atomic mass is 10.3. The number of aromatic nitrogens is 2. The molecule has 1 atom stereocenters. The molecule has 5 heteroatoms. The SMILES string of the molecule is CCOCC(O)c1c(Br)cnn1C. The summed E-state index contributed by atoms with van der Waals surface area (Å²) in [5.41, 5.74) is 0.744. The second-order valence-corrected chi connectivity index (χ2v) is 3.53. The van der Waals surface area contributed by atoms with Crippen LogP contribution < -0.4 is 0 Å². The second-order valence-electron chi connectivity index (χ2n) is 2.68. The van der Waals surface area contributed by atoms with Crippen LogP contribution in [0.1, 0.15) is 18.7 Å². The Balaban J connectivity index is 2.69. The molecule has 0 aliphatic rings. The first-order valence-electron chi connectivity index (χ1n) is 4.10. The summed E-state index contributed by atoms with van der Waals surface area (Å²) in [6, 6.07) is 0. The molecule has 1 aromatic rings. The van der Waals surface area contributed by atoms with Gasteiger partial charge in [-0.25, -0.2) is 0 Å². The van der Waals surface area contributed by atoms with Crippen LogP contribution in [0.25, 0.3) is 0 Å². The molecule has 1 N–H and O–H groups in total. The van der Waals surface area contributed by atoms with Crippen LogP contribution in [0.3, 0.4) is 0 Å². The number of aryl methyl sites for hydroxylation is 1. The zero-order valence-electron chi connectivity index (χ0n) is 7.70. The van der Waals surface area contributed by atoms with Crippen molar-refractivity contribution in [2.75, 3.05) is 13.2 Å². The van der Waals surface area contributed by atoms with Gasteiger partial charge in [-0.05, 0) is 22.9 Å². The average Bonchev–Trinajstić information content (AvgIpc) is 2.42. The van der Waals surface area contributed by atoms with Gasteiger partial charge in [0.05, 0.1) is 23.0 Å². The highest BCUT2D eigenvalue weighted by atomic mass is 79.9. The van der Waals surface area contributed by atoms with Crippen LogP contribution in [0.15, 0.2) is 10.7 Å². The van der Waals surface area contributed by atoms with Gasteiger partial charge >= 0.3 is 0 Å². The minimum atomic E-state index is -0.623. The van der Waals surface area contributed by atoms with E-state index in [1.807, 2.05) is 6.92 Å². The van der Waals surface area contributed by atoms with Crippen LogP contribution in [0, 0.1) is 0 Å². The molecule has 0 aromatic carbocycles. The zero-order valence-corrected chi connectivity index (χ0v) is 9.28. The molecule has 0 bridgehead atoms. The Bertz CT molecular complexity index is 256. The summed E-state index contributed by atoms with van der Waals surface area (Å²) >= 11 is 3.31. The highest BCUT2D eigenvalue weighted by Gasteiger charge is 2.15. The lowest BCUT2D eigenvalue weighted by Crippen LogP contribution is -2.12. The van der Waals surface area contributed by atoms with E-state index in [2.05, 4.69) is 21.0 Å². The fourth-order valence-electron chi connectivity index (χ4n) is 1.10. The monoisotopic (exact) mass is 248 g/mol. The van der Waals surface area contributed by atoms with Crippen molar-refractivity contribution in [1.82, 2.24) is 9.78 Å². The average molecular weight is 249 g/mol. The molecule has 0 aliphatic carbocycles. The van der Waals surface area contributed by atoms with Gasteiger partial charge in [0.1, 0.15) is 6.10 Å². The van der Waals surface area contributed by atoms with E-state index >= 15 is 0 Å². The quantitative estimate of drug-likeness (QED) is 0.873. The van der Waals surface area contributed by atoms with E-state index in [1.54, 1.807) is 17.9 Å². The molecule has 0 saturated carbocycles. The van der Waals surface area contributed by atoms with Gasteiger partial charge < -0.3 is 9.84 Å². The van der Waals surface area contributed by atoms with Gasteiger partial charge in [0.25, 0.3) is 0 Å². The Kier molecular flexibility index (Phi) is 3.90. The minimum Gasteiger partial charge on any atom is -0.384 e. The molecule has 0 amide bonds. The maximum absolute atomic E-state index is 9.69. The van der Waals surface area contributed by atoms with Crippen molar-refractivity contribution in [3.63, 3.8) is 0 Å². The normalized spacial score (nSPS) is 13.2. The number of aliphatic hydroxyl groups is 1. The van der Waals surface area contributed by atoms with Gasteiger partial charge in [-0.1, -0.05) is 0 Å². The largest absolute Gasteiger partial charge is 0.384 e. The Morgan fingerprint density at radius 2 is 2.46 bits per heavy atom. The Morgan fingerprint density at radius 1 is 1.77 bits per heavy atom. The van der Waals surface area contributed by atoms with Crippen LogP contribution in [0.4, 0.5) is 0 Å². The van der Waals surface area contributed by atoms with Gasteiger partial charge in [0, 0.05) is 13.7 Å². The van der Waals surface area contributed by atoms with E-state index in [-0.39, 0.29) is 0 Å². The summed E-state index contributed by atoms with van der Waals surface area (Å²) in [5, 5.41) is 13.7. The van der Waals surface area contributed by atoms with Crippen molar-refractivity contribution in [1.29, 1.82) is 0 Å². The van der Waals surface area contributed by atoms with E-state index in [9.17, 15) is 5.11 Å². The summed E-state index contributed by atoms with van der Waals surface area (Å²) in [7, 11) is 1.79. The van der Waals surface area contributed by atoms with Crippen molar-refractivity contribution in [2.24, 2.45) is 7.05 Å². The molecular formula is C8H13BrN2O2. The molecular weight excluding hydrogens is 236 g/mol. The Morgan fingerprint density at radius 3 is 2.92 bits per heavy atom. The van der Waals surface area contributed by atoms with Crippen LogP contribution >= 0.6 is 15.9 Å². The molecule has 4 nitrogen and oxygen atoms in total. The lowest BCUT2D eigenvalue weighted by Gasteiger charge is -2.11. The minimum absolute atomic E-state index is 0.300. The topological polar surface area (TPSA) is 47.3 Å². The van der Waals surface area contributed by atoms with Crippen LogP contribution in [-0.2, 0) is 11.8 Å². The van der Waals surface area contributed by atoms with Crippen molar-refractivity contribution in [3.8, 4) is 0 Å². The first-order chi connectivity index (χ1) is 6.16. The van der Waals surface area contributed by atoms with E-state index in [1.165, 1.54) is 0 Å². The van der Waals surface area contributed by atoms with Crippen LogP contribution in [0.2, 0.25) is 0 Å². The third kappa shape index (κ3) is 2.52. The molecule has 0 spiro atoms. The molecule has 0 saturated heterocycles. The highest BCUT2D eigenvalue weighted by Crippen LogP contribution is 2.22. The van der Waals surface area contributed by atoms with Gasteiger partial charge in [0.2, 0.25) is 0 Å². The van der Waals surface area contributed by atoms with Crippen molar-refractivity contribution in [3.05, 3.63) is 16.4 Å². The Labute approximate surface area is 85.6 Å². The van der Waals surface area contributed by atoms with E-state index in [0.29, 0.717) is 13.2 Å². The maximum Gasteiger partial charge on any atom is 0.120 e. The molecule has 13 heavy (non-hydrogen) atoms. The van der Waals surface area contributed by atoms with E-state index in [0.717, 1.165) is 10.2 Å². The lowest BCUT2D eigenvalue weighted by molar-refractivity contribution is 0.0374. The summed E-state index contributed by atoms with van der Waals surface area (Å²) in [5.74, 6) is 0. The number of hydrogen-bond donors (Lipinski definition) is 1. The van der Waals surface area contributed by atoms with Crippen LogP contribution in [-0.4, -0.2) is 28.1 Å². The number of halogens is 1. The smallest absolute Gasteiger partial charge is 0.120 e. The fraction of sp³-hybridized carbons (Fsp3) is 0.625. The number of nitrogens with zero attached hydrogens (tertiary/aromatic N) is 2.